The van der Waals surface area contributed by atoms with Crippen LogP contribution in [0.15, 0.2) is 91.0 Å². The van der Waals surface area contributed by atoms with Crippen LogP contribution in [-0.2, 0) is 32.0 Å². The van der Waals surface area contributed by atoms with Gasteiger partial charge in [-0.3, -0.25) is 24.0 Å². The molecule has 0 spiro atoms. The molecule has 20 heteroatoms. The number of rotatable bonds is 16. The van der Waals surface area contributed by atoms with Gasteiger partial charge in [-0.15, -0.1) is 23.4 Å². The second kappa shape index (κ2) is 17.8. The number of aromatic amines is 2. The Morgan fingerprint density at radius 2 is 1.50 bits per heavy atom. The summed E-state index contributed by atoms with van der Waals surface area (Å²) < 4.78 is 41.7. The average Bonchev–Trinajstić information content (AvgIpc) is 3.87. The van der Waals surface area contributed by atoms with Crippen LogP contribution in [0.1, 0.15) is 34.7 Å². The number of carboxylic acid groups (broad SMARTS) is 1. The van der Waals surface area contributed by atoms with E-state index in [1.54, 1.807) is 24.3 Å². The number of nitrogens with one attached hydrogen (secondary N) is 6. The first-order valence-electron chi connectivity index (χ1n) is 17.5. The Hall–Kier alpha value is -7.02. The molecule has 0 bridgehead atoms. The number of fused-ring (bicyclic) bond motifs is 2. The normalized spacial score (nSPS) is 13.0. The van der Waals surface area contributed by atoms with Crippen molar-refractivity contribution < 1.29 is 47.0 Å². The van der Waals surface area contributed by atoms with Crippen LogP contribution in [0.4, 0.5) is 18.9 Å². The summed E-state index contributed by atoms with van der Waals surface area (Å²) in [5.74, 6) is -5.20. The van der Waals surface area contributed by atoms with Crippen molar-refractivity contribution in [2.75, 3.05) is 5.32 Å². The van der Waals surface area contributed by atoms with Gasteiger partial charge in [0.05, 0.1) is 0 Å². The fourth-order valence-corrected chi connectivity index (χ4v) is 6.23. The lowest BCUT2D eigenvalue weighted by atomic mass is 10.0. The van der Waals surface area contributed by atoms with E-state index in [1.165, 1.54) is 6.07 Å². The van der Waals surface area contributed by atoms with E-state index < -0.39 is 72.7 Å². The van der Waals surface area contributed by atoms with E-state index >= 15 is 0 Å². The van der Waals surface area contributed by atoms with Crippen LogP contribution >= 0.6 is 11.6 Å². The fourth-order valence-electron chi connectivity index (χ4n) is 6.00. The van der Waals surface area contributed by atoms with Gasteiger partial charge in [-0.2, -0.15) is 5.21 Å². The van der Waals surface area contributed by atoms with Crippen molar-refractivity contribution in [2.24, 2.45) is 0 Å². The number of anilines is 1. The molecule has 300 valence electrons. The lowest BCUT2D eigenvalue weighted by Crippen LogP contribution is -2.57. The first-order valence-corrected chi connectivity index (χ1v) is 17.9. The van der Waals surface area contributed by atoms with E-state index in [9.17, 15) is 42.3 Å². The molecule has 16 nitrogen and oxygen atoms in total. The van der Waals surface area contributed by atoms with Crippen molar-refractivity contribution in [1.29, 1.82) is 0 Å². The minimum absolute atomic E-state index is 0.00950. The van der Waals surface area contributed by atoms with E-state index in [-0.39, 0.29) is 30.0 Å². The first-order chi connectivity index (χ1) is 27.7. The Bertz CT molecular complexity index is 2440. The van der Waals surface area contributed by atoms with E-state index in [1.807, 2.05) is 36.4 Å². The molecule has 3 atom stereocenters. The zero-order valence-electron chi connectivity index (χ0n) is 30.0. The summed E-state index contributed by atoms with van der Waals surface area (Å²) in [6.45, 7) is 0. The van der Waals surface area contributed by atoms with Crippen LogP contribution in [0.25, 0.3) is 21.7 Å². The number of H-pyrrole nitrogens is 2. The summed E-state index contributed by atoms with van der Waals surface area (Å²) >= 11 is 6.32. The number of carboxylic acids is 1. The predicted molar refractivity (Wildman–Crippen MR) is 203 cm³/mol. The van der Waals surface area contributed by atoms with Gasteiger partial charge in [-0.05, 0) is 65.2 Å². The Morgan fingerprint density at radius 1 is 0.793 bits per heavy atom. The van der Waals surface area contributed by atoms with Crippen LogP contribution in [0.3, 0.4) is 0 Å². The summed E-state index contributed by atoms with van der Waals surface area (Å²) in [7, 11) is 0. The third-order valence-corrected chi connectivity index (χ3v) is 9.10. The molecular formula is C38H33ClF3N9O7. The third kappa shape index (κ3) is 10.8. The van der Waals surface area contributed by atoms with E-state index in [4.69, 9.17) is 11.6 Å². The maximum atomic E-state index is 14.2. The Morgan fingerprint density at radius 3 is 2.17 bits per heavy atom. The molecule has 4 amide bonds. The number of ether oxygens (including phenoxy) is 1. The summed E-state index contributed by atoms with van der Waals surface area (Å²) in [5, 5.41) is 35.9. The summed E-state index contributed by atoms with van der Waals surface area (Å²) in [5.41, 5.74) is 1.37. The molecule has 0 saturated heterocycles. The zero-order valence-corrected chi connectivity index (χ0v) is 30.7. The number of carbonyl (C=O) groups excluding carboxylic acids is 4. The Kier molecular flexibility index (Phi) is 12.5. The molecule has 7 N–H and O–H groups in total. The van der Waals surface area contributed by atoms with Gasteiger partial charge in [0.2, 0.25) is 17.7 Å². The van der Waals surface area contributed by atoms with Crippen LogP contribution in [0.2, 0.25) is 5.02 Å². The molecule has 0 aliphatic carbocycles. The van der Waals surface area contributed by atoms with Crippen LogP contribution < -0.4 is 26.0 Å². The second-order valence-corrected chi connectivity index (χ2v) is 13.4. The molecule has 0 saturated carbocycles. The third-order valence-electron chi connectivity index (χ3n) is 8.78. The minimum Gasteiger partial charge on any atom is -0.481 e. The highest BCUT2D eigenvalue weighted by atomic mass is 35.5. The number of aliphatic carboxylic acids is 1. The number of halogens is 4. The van der Waals surface area contributed by atoms with Crippen molar-refractivity contribution in [3.63, 3.8) is 0 Å². The maximum Gasteiger partial charge on any atom is 0.573 e. The van der Waals surface area contributed by atoms with E-state index in [0.717, 1.165) is 35.0 Å². The topological polar surface area (TPSA) is 233 Å². The van der Waals surface area contributed by atoms with Gasteiger partial charge in [0, 0.05) is 40.9 Å². The van der Waals surface area contributed by atoms with Crippen LogP contribution in [0, 0.1) is 0 Å². The number of alkyl halides is 3. The SMILES string of the molecule is O=C(O)CC[C@H](NC(=O)[C@H](Cc1nn[nH]n1)NC(=O)[C@H](Cc1ccc2ccccc2c1)NC(=O)c1cc2c(Cl)cccc2[nH]1)C(=O)Nc1ccc(OC(F)(F)F)cc1. The minimum atomic E-state index is -4.95. The average molecular weight is 820 g/mol. The molecule has 0 unspecified atom stereocenters. The van der Waals surface area contributed by atoms with Gasteiger partial charge < -0.3 is 36.1 Å². The summed E-state index contributed by atoms with van der Waals surface area (Å²) in [6, 6.07) is 19.5. The second-order valence-electron chi connectivity index (χ2n) is 12.9. The lowest BCUT2D eigenvalue weighted by Gasteiger charge is -2.25. The molecule has 6 aromatic rings. The predicted octanol–water partition coefficient (Wildman–Crippen LogP) is 4.44. The molecule has 0 radical (unpaired) electrons. The van der Waals surface area contributed by atoms with Gasteiger partial charge in [0.1, 0.15) is 29.6 Å². The number of amides is 4. The highest BCUT2D eigenvalue weighted by Crippen LogP contribution is 2.26. The maximum absolute atomic E-state index is 14.2. The molecule has 0 aliphatic heterocycles. The van der Waals surface area contributed by atoms with Crippen molar-refractivity contribution >= 4 is 68.6 Å². The number of nitrogens with zero attached hydrogens (tertiary/aromatic N) is 3. The molecule has 2 heterocycles. The van der Waals surface area contributed by atoms with Gasteiger partial charge in [-0.1, -0.05) is 65.3 Å². The number of tetrazole rings is 1. The monoisotopic (exact) mass is 819 g/mol. The quantitative estimate of drug-likeness (QED) is 0.0725. The van der Waals surface area contributed by atoms with Gasteiger partial charge >= 0.3 is 12.3 Å². The lowest BCUT2D eigenvalue weighted by molar-refractivity contribution is -0.274. The molecule has 58 heavy (non-hydrogen) atoms. The highest BCUT2D eigenvalue weighted by molar-refractivity contribution is 6.35. The number of carbonyl (C=O) groups is 5. The molecule has 0 fully saturated rings. The van der Waals surface area contributed by atoms with Crippen molar-refractivity contribution in [3.05, 3.63) is 113 Å². The fraction of sp³-hybridized carbons (Fsp3) is 0.211. The molecule has 2 aromatic heterocycles. The Balaban J connectivity index is 1.24. The zero-order chi connectivity index (χ0) is 41.4. The molecular weight excluding hydrogens is 787 g/mol. The Labute approximate surface area is 330 Å². The molecule has 4 aromatic carbocycles. The molecule has 6 rings (SSSR count). The summed E-state index contributed by atoms with van der Waals surface area (Å²) in [6.07, 6.45) is -6.33. The standard InChI is InChI=1S/C38H33ClF3N9O7/c39-26-6-3-7-27-25(26)18-30(44-27)36(56)46-29(17-20-8-9-21-4-1-2-5-22(21)16-20)35(55)47-31(19-32-48-50-51-49-32)37(57)45-28(14-15-33(52)53)34(54)43-23-10-12-24(13-11-23)58-38(40,41)42/h1-13,16,18,28-29,31,44H,14-15,17,19H2,(H,43,54)(H,45,57)(H,46,56)(H,47,55)(H,52,53)(H,48,49,50,51)/t28-,29-,31-/m0/s1. The molecule has 0 aliphatic rings. The van der Waals surface area contributed by atoms with E-state index in [2.05, 4.69) is 51.6 Å². The number of benzene rings is 4. The van der Waals surface area contributed by atoms with Gasteiger partial charge in [-0.25, -0.2) is 0 Å². The van der Waals surface area contributed by atoms with E-state index in [0.29, 0.717) is 21.5 Å². The van der Waals surface area contributed by atoms with Gasteiger partial charge in [0.25, 0.3) is 5.91 Å². The highest BCUT2D eigenvalue weighted by Gasteiger charge is 2.33. The largest absolute Gasteiger partial charge is 0.573 e. The number of hydrogen-bond acceptors (Lipinski definition) is 9. The van der Waals surface area contributed by atoms with Crippen molar-refractivity contribution in [1.82, 2.24) is 41.6 Å². The summed E-state index contributed by atoms with van der Waals surface area (Å²) in [4.78, 5) is 69.6. The number of hydrogen-bond donors (Lipinski definition) is 7. The van der Waals surface area contributed by atoms with Crippen molar-refractivity contribution in [3.8, 4) is 5.75 Å². The first kappa shape index (κ1) is 40.6. The smallest absolute Gasteiger partial charge is 0.481 e. The van der Waals surface area contributed by atoms with Crippen molar-refractivity contribution in [2.45, 2.75) is 50.2 Å². The van der Waals surface area contributed by atoms with Crippen LogP contribution in [-0.4, -0.2) is 84.8 Å². The van der Waals surface area contributed by atoms with Gasteiger partial charge in [0.15, 0.2) is 5.82 Å². The number of aromatic nitrogens is 5. The van der Waals surface area contributed by atoms with Crippen LogP contribution in [0.5, 0.6) is 5.75 Å².